The molecule has 1 aromatic rings. The number of nitrogens with zero attached hydrogens (tertiary/aromatic N) is 2. The first-order valence-electron chi connectivity index (χ1n) is 8.00. The van der Waals surface area contributed by atoms with Crippen LogP contribution in [0.3, 0.4) is 0 Å². The molecule has 21 heavy (non-hydrogen) atoms. The Hall–Kier alpha value is -1.40. The smallest absolute Gasteiger partial charge is 0.269 e. The number of rotatable bonds is 4. The van der Waals surface area contributed by atoms with Crippen LogP contribution in [0.5, 0.6) is 0 Å². The first-order chi connectivity index (χ1) is 10.2. The molecule has 2 unspecified atom stereocenters. The normalized spacial score (nSPS) is 27.6. The Bertz CT molecular complexity index is 480. The van der Waals surface area contributed by atoms with Gasteiger partial charge in [-0.25, -0.2) is 0 Å². The minimum Gasteiger partial charge on any atom is -0.364 e. The van der Waals surface area contributed by atoms with Gasteiger partial charge in [0.25, 0.3) is 5.91 Å². The number of primary amides is 1. The van der Waals surface area contributed by atoms with Crippen molar-refractivity contribution in [3.63, 3.8) is 0 Å². The Morgan fingerprint density at radius 3 is 3.05 bits per heavy atom. The van der Waals surface area contributed by atoms with Gasteiger partial charge in [0.2, 0.25) is 0 Å². The van der Waals surface area contributed by atoms with Gasteiger partial charge in [-0.2, -0.15) is 5.10 Å². The van der Waals surface area contributed by atoms with Gasteiger partial charge in [-0.05, 0) is 57.3 Å². The minimum absolute atomic E-state index is 0.346. The number of nitrogens with two attached hydrogens (primary N) is 1. The third kappa shape index (κ3) is 3.63. The van der Waals surface area contributed by atoms with Crippen LogP contribution in [0.2, 0.25) is 0 Å². The van der Waals surface area contributed by atoms with E-state index in [0.717, 1.165) is 31.1 Å². The molecule has 6 nitrogen and oxygen atoms in total. The summed E-state index contributed by atoms with van der Waals surface area (Å²) in [6, 6.07) is 1.82. The summed E-state index contributed by atoms with van der Waals surface area (Å²) < 4.78 is 0. The number of aromatic nitrogens is 2. The molecule has 3 rings (SSSR count). The van der Waals surface area contributed by atoms with E-state index in [1.54, 1.807) is 0 Å². The van der Waals surface area contributed by atoms with Gasteiger partial charge < -0.3 is 16.0 Å². The molecule has 2 aliphatic heterocycles. The summed E-state index contributed by atoms with van der Waals surface area (Å²) in [6.07, 6.45) is 4.99. The topological polar surface area (TPSA) is 87.0 Å². The molecule has 2 fully saturated rings. The number of hydrogen-bond donors (Lipinski definition) is 3. The minimum atomic E-state index is -0.460. The SMILES string of the molecule is NC(=O)c1cc(C2CCCN(CC3CCCNC3)C2)[nH]n1. The largest absolute Gasteiger partial charge is 0.364 e. The molecule has 0 bridgehead atoms. The predicted molar refractivity (Wildman–Crippen MR) is 81.1 cm³/mol. The Morgan fingerprint density at radius 1 is 1.43 bits per heavy atom. The number of H-pyrrole nitrogens is 1. The van der Waals surface area contributed by atoms with Crippen molar-refractivity contribution < 1.29 is 4.79 Å². The predicted octanol–water partition coefficient (Wildman–Crippen LogP) is 0.688. The van der Waals surface area contributed by atoms with E-state index >= 15 is 0 Å². The Labute approximate surface area is 125 Å². The molecule has 2 saturated heterocycles. The first-order valence-corrected chi connectivity index (χ1v) is 8.00. The maximum Gasteiger partial charge on any atom is 0.269 e. The fourth-order valence-corrected chi connectivity index (χ4v) is 3.59. The summed E-state index contributed by atoms with van der Waals surface area (Å²) >= 11 is 0. The highest BCUT2D eigenvalue weighted by Gasteiger charge is 2.25. The average Bonchev–Trinajstić information content (AvgIpc) is 2.99. The van der Waals surface area contributed by atoms with Crippen molar-refractivity contribution in [3.05, 3.63) is 17.5 Å². The van der Waals surface area contributed by atoms with E-state index in [1.807, 2.05) is 6.07 Å². The van der Waals surface area contributed by atoms with Crippen LogP contribution in [0.1, 0.15) is 47.8 Å². The van der Waals surface area contributed by atoms with Gasteiger partial charge in [0.05, 0.1) is 0 Å². The number of amides is 1. The molecular formula is C15H25N5O. The van der Waals surface area contributed by atoms with E-state index in [4.69, 9.17) is 5.73 Å². The maximum atomic E-state index is 11.1. The molecule has 4 N–H and O–H groups in total. The molecule has 0 radical (unpaired) electrons. The molecule has 2 aliphatic rings. The second-order valence-electron chi connectivity index (χ2n) is 6.38. The summed E-state index contributed by atoms with van der Waals surface area (Å²) in [5, 5.41) is 10.5. The molecule has 6 heteroatoms. The van der Waals surface area contributed by atoms with Gasteiger partial charge in [0.15, 0.2) is 0 Å². The van der Waals surface area contributed by atoms with Crippen molar-refractivity contribution in [2.24, 2.45) is 11.7 Å². The van der Waals surface area contributed by atoms with Crippen LogP contribution < -0.4 is 11.1 Å². The van der Waals surface area contributed by atoms with Gasteiger partial charge in [-0.1, -0.05) is 0 Å². The van der Waals surface area contributed by atoms with Crippen molar-refractivity contribution >= 4 is 5.91 Å². The fraction of sp³-hybridized carbons (Fsp3) is 0.733. The molecule has 0 saturated carbocycles. The summed E-state index contributed by atoms with van der Waals surface area (Å²) in [6.45, 7) is 5.74. The molecule has 1 amide bonds. The lowest BCUT2D eigenvalue weighted by atomic mass is 9.92. The quantitative estimate of drug-likeness (QED) is 0.761. The van der Waals surface area contributed by atoms with Crippen molar-refractivity contribution in [2.75, 3.05) is 32.7 Å². The van der Waals surface area contributed by atoms with Crippen LogP contribution in [-0.4, -0.2) is 53.7 Å². The number of carbonyl (C=O) groups excluding carboxylic acids is 1. The zero-order valence-electron chi connectivity index (χ0n) is 12.5. The summed E-state index contributed by atoms with van der Waals surface area (Å²) in [7, 11) is 0. The van der Waals surface area contributed by atoms with E-state index in [9.17, 15) is 4.79 Å². The van der Waals surface area contributed by atoms with Gasteiger partial charge in [0, 0.05) is 24.7 Å². The Balaban J connectivity index is 1.58. The number of likely N-dealkylation sites (tertiary alicyclic amines) is 1. The van der Waals surface area contributed by atoms with Crippen molar-refractivity contribution in [2.45, 2.75) is 31.6 Å². The molecule has 0 spiro atoms. The highest BCUT2D eigenvalue weighted by molar-refractivity contribution is 5.90. The molecular weight excluding hydrogens is 266 g/mol. The van der Waals surface area contributed by atoms with Crippen LogP contribution in [0, 0.1) is 5.92 Å². The number of carbonyl (C=O) groups is 1. The zero-order valence-corrected chi connectivity index (χ0v) is 12.5. The van der Waals surface area contributed by atoms with E-state index in [1.165, 1.54) is 38.9 Å². The van der Waals surface area contributed by atoms with Crippen molar-refractivity contribution in [1.82, 2.24) is 20.4 Å². The lowest BCUT2D eigenvalue weighted by molar-refractivity contribution is 0.0995. The number of piperidine rings is 2. The van der Waals surface area contributed by atoms with Crippen LogP contribution in [0.4, 0.5) is 0 Å². The van der Waals surface area contributed by atoms with Crippen LogP contribution in [0.15, 0.2) is 6.07 Å². The molecule has 2 atom stereocenters. The van der Waals surface area contributed by atoms with Gasteiger partial charge in [-0.15, -0.1) is 0 Å². The maximum absolute atomic E-state index is 11.1. The first kappa shape index (κ1) is 14.5. The van der Waals surface area contributed by atoms with Crippen LogP contribution >= 0.6 is 0 Å². The Morgan fingerprint density at radius 2 is 2.33 bits per heavy atom. The Kier molecular flexibility index (Phi) is 4.55. The van der Waals surface area contributed by atoms with Gasteiger partial charge in [0.1, 0.15) is 5.69 Å². The molecule has 0 aliphatic carbocycles. The van der Waals surface area contributed by atoms with Crippen molar-refractivity contribution in [1.29, 1.82) is 0 Å². The third-order valence-electron chi connectivity index (χ3n) is 4.71. The second-order valence-corrected chi connectivity index (χ2v) is 6.38. The van der Waals surface area contributed by atoms with E-state index < -0.39 is 5.91 Å². The van der Waals surface area contributed by atoms with E-state index in [2.05, 4.69) is 20.4 Å². The molecule has 3 heterocycles. The lowest BCUT2D eigenvalue weighted by Gasteiger charge is -2.35. The standard InChI is InChI=1S/C15H25N5O/c16-15(21)14-7-13(18-19-14)12-4-2-6-20(10-12)9-11-3-1-5-17-8-11/h7,11-12,17H,1-6,8-10H2,(H2,16,21)(H,18,19). The second kappa shape index (κ2) is 6.58. The molecule has 116 valence electrons. The van der Waals surface area contributed by atoms with Crippen LogP contribution in [-0.2, 0) is 0 Å². The van der Waals surface area contributed by atoms with Crippen LogP contribution in [0.25, 0.3) is 0 Å². The van der Waals surface area contributed by atoms with E-state index in [0.29, 0.717) is 11.6 Å². The molecule has 1 aromatic heterocycles. The summed E-state index contributed by atoms with van der Waals surface area (Å²) in [5.74, 6) is 0.759. The van der Waals surface area contributed by atoms with Gasteiger partial charge in [-0.3, -0.25) is 9.89 Å². The zero-order chi connectivity index (χ0) is 14.7. The number of hydrogen-bond acceptors (Lipinski definition) is 4. The van der Waals surface area contributed by atoms with Crippen molar-refractivity contribution in [3.8, 4) is 0 Å². The third-order valence-corrected chi connectivity index (χ3v) is 4.71. The monoisotopic (exact) mass is 291 g/mol. The lowest BCUT2D eigenvalue weighted by Crippen LogP contribution is -2.42. The average molecular weight is 291 g/mol. The fourth-order valence-electron chi connectivity index (χ4n) is 3.59. The van der Waals surface area contributed by atoms with E-state index in [-0.39, 0.29) is 0 Å². The number of aromatic amines is 1. The highest BCUT2D eigenvalue weighted by atomic mass is 16.1. The number of nitrogens with one attached hydrogen (secondary N) is 2. The highest BCUT2D eigenvalue weighted by Crippen LogP contribution is 2.27. The summed E-state index contributed by atoms with van der Waals surface area (Å²) in [5.41, 5.74) is 6.67. The summed E-state index contributed by atoms with van der Waals surface area (Å²) in [4.78, 5) is 13.7. The molecule has 0 aromatic carbocycles. The van der Waals surface area contributed by atoms with Gasteiger partial charge >= 0.3 is 0 Å².